The number of hydrogen-bond donors (Lipinski definition) is 1. The molecule has 1 heterocycles. The highest BCUT2D eigenvalue weighted by Crippen LogP contribution is 2.40. The monoisotopic (exact) mass is 441 g/mol. The molecule has 0 aliphatic carbocycles. The highest BCUT2D eigenvalue weighted by atomic mass is 19.1. The number of ether oxygens (including phenoxy) is 2. The third kappa shape index (κ3) is 4.67. The molecule has 2 aromatic rings. The SMILES string of the molecule is COCCCN1C(=O)C(=O)/C(=C(/O)c2ccc(OC(C)C)c(C)c2)C1c1ccccc1F. The maximum Gasteiger partial charge on any atom is 0.295 e. The van der Waals surface area contributed by atoms with Gasteiger partial charge in [0.05, 0.1) is 17.7 Å². The number of methoxy groups -OCH3 is 1. The molecule has 32 heavy (non-hydrogen) atoms. The zero-order chi connectivity index (χ0) is 23.4. The van der Waals surface area contributed by atoms with Crippen LogP contribution in [0.2, 0.25) is 0 Å². The Morgan fingerprint density at radius 1 is 1.19 bits per heavy atom. The third-order valence-corrected chi connectivity index (χ3v) is 5.30. The minimum atomic E-state index is -1.03. The lowest BCUT2D eigenvalue weighted by Gasteiger charge is -2.25. The molecule has 7 heteroatoms. The lowest BCUT2D eigenvalue weighted by Crippen LogP contribution is -2.31. The van der Waals surface area contributed by atoms with Crippen LogP contribution in [0.5, 0.6) is 5.75 Å². The average molecular weight is 441 g/mol. The molecule has 3 rings (SSSR count). The van der Waals surface area contributed by atoms with Crippen molar-refractivity contribution >= 4 is 17.4 Å². The van der Waals surface area contributed by atoms with E-state index in [1.165, 1.54) is 30.2 Å². The van der Waals surface area contributed by atoms with E-state index in [1.54, 1.807) is 24.3 Å². The highest BCUT2D eigenvalue weighted by molar-refractivity contribution is 6.46. The van der Waals surface area contributed by atoms with E-state index in [-0.39, 0.29) is 29.5 Å². The van der Waals surface area contributed by atoms with Crippen molar-refractivity contribution in [2.75, 3.05) is 20.3 Å². The summed E-state index contributed by atoms with van der Waals surface area (Å²) in [5, 5.41) is 11.1. The molecule has 6 nitrogen and oxygen atoms in total. The Bertz CT molecular complexity index is 1050. The second-order valence-corrected chi connectivity index (χ2v) is 8.01. The molecule has 2 aromatic carbocycles. The smallest absolute Gasteiger partial charge is 0.295 e. The molecule has 0 radical (unpaired) electrons. The van der Waals surface area contributed by atoms with Crippen LogP contribution in [0.3, 0.4) is 0 Å². The van der Waals surface area contributed by atoms with Crippen molar-refractivity contribution in [3.63, 3.8) is 0 Å². The summed E-state index contributed by atoms with van der Waals surface area (Å²) >= 11 is 0. The zero-order valence-electron chi connectivity index (χ0n) is 18.7. The Morgan fingerprint density at radius 3 is 2.53 bits per heavy atom. The number of nitrogens with zero attached hydrogens (tertiary/aromatic N) is 1. The van der Waals surface area contributed by atoms with Crippen molar-refractivity contribution in [3.8, 4) is 5.75 Å². The van der Waals surface area contributed by atoms with Crippen LogP contribution in [-0.2, 0) is 14.3 Å². The number of likely N-dealkylation sites (tertiary alicyclic amines) is 1. The molecule has 1 fully saturated rings. The van der Waals surface area contributed by atoms with Gasteiger partial charge >= 0.3 is 0 Å². The van der Waals surface area contributed by atoms with Gasteiger partial charge < -0.3 is 19.5 Å². The second kappa shape index (κ2) is 9.96. The summed E-state index contributed by atoms with van der Waals surface area (Å²) in [5.41, 5.74) is 1.14. The van der Waals surface area contributed by atoms with Gasteiger partial charge in [-0.15, -0.1) is 0 Å². The molecule has 1 saturated heterocycles. The van der Waals surface area contributed by atoms with E-state index in [2.05, 4.69) is 0 Å². The Morgan fingerprint density at radius 2 is 1.91 bits per heavy atom. The van der Waals surface area contributed by atoms with E-state index >= 15 is 0 Å². The molecule has 1 atom stereocenters. The highest BCUT2D eigenvalue weighted by Gasteiger charge is 2.46. The number of ketones is 1. The molecule has 1 aliphatic heterocycles. The Balaban J connectivity index is 2.11. The fourth-order valence-electron chi connectivity index (χ4n) is 3.85. The van der Waals surface area contributed by atoms with E-state index in [0.717, 1.165) is 5.56 Å². The summed E-state index contributed by atoms with van der Waals surface area (Å²) in [5.74, 6) is -1.85. The summed E-state index contributed by atoms with van der Waals surface area (Å²) in [6.07, 6.45) is 0.445. The van der Waals surface area contributed by atoms with Gasteiger partial charge in [-0.3, -0.25) is 9.59 Å². The zero-order valence-corrected chi connectivity index (χ0v) is 18.7. The number of aliphatic hydroxyl groups excluding tert-OH is 1. The minimum absolute atomic E-state index is 0.0216. The summed E-state index contributed by atoms with van der Waals surface area (Å²) in [6.45, 7) is 6.21. The largest absolute Gasteiger partial charge is 0.507 e. The first-order valence-electron chi connectivity index (χ1n) is 10.6. The number of rotatable bonds is 8. The lowest BCUT2D eigenvalue weighted by atomic mass is 9.94. The van der Waals surface area contributed by atoms with Crippen LogP contribution in [0.1, 0.15) is 43.0 Å². The number of hydrogen-bond acceptors (Lipinski definition) is 5. The van der Waals surface area contributed by atoms with Gasteiger partial charge in [0.25, 0.3) is 11.7 Å². The molecule has 0 aromatic heterocycles. The number of amides is 1. The molecule has 0 saturated carbocycles. The summed E-state index contributed by atoms with van der Waals surface area (Å²) in [6, 6.07) is 9.94. The molecule has 1 unspecified atom stereocenters. The number of halogens is 1. The molecule has 0 spiro atoms. The van der Waals surface area contributed by atoms with Gasteiger partial charge in [0.1, 0.15) is 17.3 Å². The standard InChI is InChI=1S/C25H28FNO5/c1-15(2)32-20-11-10-17(14-16(20)3)23(28)21-22(18-8-5-6-9-19(18)26)27(12-7-13-31-4)25(30)24(21)29/h5-6,8-11,14-15,22,28H,7,12-13H2,1-4H3/b23-21+. The maximum atomic E-state index is 14.7. The summed E-state index contributed by atoms with van der Waals surface area (Å²) in [7, 11) is 1.54. The van der Waals surface area contributed by atoms with Crippen molar-refractivity contribution < 1.29 is 28.6 Å². The lowest BCUT2D eigenvalue weighted by molar-refractivity contribution is -0.140. The molecule has 170 valence electrons. The number of aryl methyl sites for hydroxylation is 1. The van der Waals surface area contributed by atoms with Gasteiger partial charge in [-0.25, -0.2) is 4.39 Å². The number of carbonyl (C=O) groups excluding carboxylic acids is 2. The molecular formula is C25H28FNO5. The summed E-state index contributed by atoms with van der Waals surface area (Å²) < 4.78 is 25.5. The van der Waals surface area contributed by atoms with Crippen LogP contribution >= 0.6 is 0 Å². The van der Waals surface area contributed by atoms with Crippen LogP contribution in [-0.4, -0.2) is 48.1 Å². The number of carbonyl (C=O) groups is 2. The van der Waals surface area contributed by atoms with Crippen molar-refractivity contribution in [1.29, 1.82) is 0 Å². The van der Waals surface area contributed by atoms with Gasteiger partial charge in [-0.2, -0.15) is 0 Å². The normalized spacial score (nSPS) is 17.9. The van der Waals surface area contributed by atoms with Gasteiger partial charge in [-0.05, 0) is 57.0 Å². The van der Waals surface area contributed by atoms with Gasteiger partial charge in [0, 0.05) is 31.4 Å². The molecule has 1 N–H and O–H groups in total. The van der Waals surface area contributed by atoms with Crippen molar-refractivity contribution in [2.24, 2.45) is 0 Å². The predicted molar refractivity (Wildman–Crippen MR) is 119 cm³/mol. The number of Topliss-reactive ketones (excluding diaryl/α,β-unsaturated/α-hetero) is 1. The van der Waals surface area contributed by atoms with Crippen LogP contribution in [0, 0.1) is 12.7 Å². The topological polar surface area (TPSA) is 76.1 Å². The van der Waals surface area contributed by atoms with E-state index in [9.17, 15) is 19.1 Å². The van der Waals surface area contributed by atoms with E-state index in [0.29, 0.717) is 24.3 Å². The van der Waals surface area contributed by atoms with Gasteiger partial charge in [-0.1, -0.05) is 18.2 Å². The molecular weight excluding hydrogens is 413 g/mol. The second-order valence-electron chi connectivity index (χ2n) is 8.01. The Kier molecular flexibility index (Phi) is 7.30. The Labute approximate surface area is 187 Å². The van der Waals surface area contributed by atoms with Gasteiger partial charge in [0.15, 0.2) is 0 Å². The van der Waals surface area contributed by atoms with Crippen LogP contribution in [0.15, 0.2) is 48.0 Å². The first-order valence-corrected chi connectivity index (χ1v) is 10.6. The number of benzene rings is 2. The van der Waals surface area contributed by atoms with Gasteiger partial charge in [0.2, 0.25) is 0 Å². The van der Waals surface area contributed by atoms with E-state index in [4.69, 9.17) is 9.47 Å². The first kappa shape index (κ1) is 23.5. The van der Waals surface area contributed by atoms with E-state index < -0.39 is 23.5 Å². The van der Waals surface area contributed by atoms with Crippen molar-refractivity contribution in [2.45, 2.75) is 39.3 Å². The average Bonchev–Trinajstić information content (AvgIpc) is 3.00. The molecule has 1 aliphatic rings. The van der Waals surface area contributed by atoms with Crippen molar-refractivity contribution in [3.05, 3.63) is 70.5 Å². The van der Waals surface area contributed by atoms with Crippen LogP contribution < -0.4 is 4.74 Å². The summed E-state index contributed by atoms with van der Waals surface area (Å²) in [4.78, 5) is 27.1. The first-order chi connectivity index (χ1) is 15.3. The van der Waals surface area contributed by atoms with E-state index in [1.807, 2.05) is 20.8 Å². The third-order valence-electron chi connectivity index (χ3n) is 5.30. The fraction of sp³-hybridized carbons (Fsp3) is 0.360. The predicted octanol–water partition coefficient (Wildman–Crippen LogP) is 4.38. The molecule has 1 amide bonds. The van der Waals surface area contributed by atoms with Crippen LogP contribution in [0.4, 0.5) is 4.39 Å². The Hall–Kier alpha value is -3.19. The minimum Gasteiger partial charge on any atom is -0.507 e. The maximum absolute atomic E-state index is 14.7. The number of aliphatic hydroxyl groups is 1. The van der Waals surface area contributed by atoms with Crippen LogP contribution in [0.25, 0.3) is 5.76 Å². The molecule has 0 bridgehead atoms. The quantitative estimate of drug-likeness (QED) is 0.285. The fourth-order valence-corrected chi connectivity index (χ4v) is 3.85. The van der Waals surface area contributed by atoms with Crippen molar-refractivity contribution in [1.82, 2.24) is 4.90 Å².